The van der Waals surface area contributed by atoms with Gasteiger partial charge in [-0.05, 0) is 49.8 Å². The molecule has 0 spiro atoms. The smallest absolute Gasteiger partial charge is 0.261 e. The minimum absolute atomic E-state index is 0.0333. The summed E-state index contributed by atoms with van der Waals surface area (Å²) < 4.78 is 0. The zero-order chi connectivity index (χ0) is 19.7. The number of carbonyl (C=O) groups is 3. The first-order valence-electron chi connectivity index (χ1n) is 9.86. The van der Waals surface area contributed by atoms with Crippen LogP contribution in [0.25, 0.3) is 0 Å². The van der Waals surface area contributed by atoms with E-state index in [2.05, 4.69) is 29.6 Å². The highest BCUT2D eigenvalue weighted by molar-refractivity contribution is 6.21. The number of carbonyl (C=O) groups excluding carboxylic acids is 3. The van der Waals surface area contributed by atoms with Gasteiger partial charge in [0.15, 0.2) is 0 Å². The molecule has 144 valence electrons. The van der Waals surface area contributed by atoms with Crippen LogP contribution in [0, 0.1) is 12.8 Å². The maximum atomic E-state index is 12.5. The van der Waals surface area contributed by atoms with Crippen LogP contribution in [0.1, 0.15) is 63.6 Å². The average Bonchev–Trinajstić information content (AvgIpc) is 3.51. The number of aryl methyl sites for hydroxylation is 1. The summed E-state index contributed by atoms with van der Waals surface area (Å²) in [4.78, 5) is 38.5. The highest BCUT2D eigenvalue weighted by Gasteiger charge is 2.35. The monoisotopic (exact) mass is 376 g/mol. The molecule has 1 aliphatic heterocycles. The fourth-order valence-electron chi connectivity index (χ4n) is 3.76. The van der Waals surface area contributed by atoms with Crippen molar-refractivity contribution in [1.82, 2.24) is 10.2 Å². The molecule has 2 aliphatic rings. The third-order valence-corrected chi connectivity index (χ3v) is 5.51. The number of hydrogen-bond acceptors (Lipinski definition) is 3. The third-order valence-electron chi connectivity index (χ3n) is 5.51. The largest absolute Gasteiger partial charge is 0.349 e. The molecule has 2 aromatic rings. The molecule has 2 aromatic carbocycles. The quantitative estimate of drug-likeness (QED) is 0.750. The van der Waals surface area contributed by atoms with Crippen LogP contribution in [-0.4, -0.2) is 29.2 Å². The van der Waals surface area contributed by atoms with Crippen molar-refractivity contribution in [3.8, 4) is 0 Å². The Hall–Kier alpha value is -2.95. The van der Waals surface area contributed by atoms with Crippen LogP contribution in [-0.2, 0) is 4.79 Å². The zero-order valence-corrected chi connectivity index (χ0v) is 16.0. The first-order valence-corrected chi connectivity index (χ1v) is 9.86. The molecule has 0 radical (unpaired) electrons. The Kier molecular flexibility index (Phi) is 4.99. The molecule has 3 amide bonds. The topological polar surface area (TPSA) is 66.5 Å². The Bertz CT molecular complexity index is 881. The molecule has 1 N–H and O–H groups in total. The van der Waals surface area contributed by atoms with Crippen LogP contribution >= 0.6 is 0 Å². The summed E-state index contributed by atoms with van der Waals surface area (Å²) in [5, 5.41) is 3.15. The minimum atomic E-state index is -0.267. The summed E-state index contributed by atoms with van der Waals surface area (Å²) in [5.41, 5.74) is 3.24. The fourth-order valence-corrected chi connectivity index (χ4v) is 3.76. The van der Waals surface area contributed by atoms with Gasteiger partial charge in [0, 0.05) is 13.0 Å². The molecule has 5 heteroatoms. The number of hydrogen-bond donors (Lipinski definition) is 1. The van der Waals surface area contributed by atoms with Crippen LogP contribution in [0.4, 0.5) is 0 Å². The highest BCUT2D eigenvalue weighted by Crippen LogP contribution is 2.41. The summed E-state index contributed by atoms with van der Waals surface area (Å²) in [6, 6.07) is 15.2. The molecule has 4 rings (SSSR count). The standard InChI is InChI=1S/C23H24N2O3/c1-15-8-10-16(11-9-15)21(17-12-13-17)24-20(26)7-4-14-25-22(27)18-5-2-3-6-19(18)23(25)28/h2-3,5-6,8-11,17,21H,4,7,12-14H2,1H3,(H,24,26). The number of benzene rings is 2. The van der Waals surface area contributed by atoms with Gasteiger partial charge in [0.25, 0.3) is 11.8 Å². The van der Waals surface area contributed by atoms with Crippen molar-refractivity contribution in [2.24, 2.45) is 5.92 Å². The van der Waals surface area contributed by atoms with Gasteiger partial charge in [0.2, 0.25) is 5.91 Å². The summed E-state index contributed by atoms with van der Waals surface area (Å²) in [5.74, 6) is -0.0648. The Morgan fingerprint density at radius 1 is 1.04 bits per heavy atom. The van der Waals surface area contributed by atoms with Crippen LogP contribution in [0.2, 0.25) is 0 Å². The lowest BCUT2D eigenvalue weighted by molar-refractivity contribution is -0.122. The summed E-state index contributed by atoms with van der Waals surface area (Å²) in [6.07, 6.45) is 3.02. The van der Waals surface area contributed by atoms with E-state index in [0.29, 0.717) is 29.9 Å². The molecular formula is C23H24N2O3. The first kappa shape index (κ1) is 18.4. The number of fused-ring (bicyclic) bond motifs is 1. The first-order chi connectivity index (χ1) is 13.5. The van der Waals surface area contributed by atoms with Crippen LogP contribution in [0.5, 0.6) is 0 Å². The Balaban J connectivity index is 1.32. The van der Waals surface area contributed by atoms with Gasteiger partial charge in [-0.3, -0.25) is 19.3 Å². The van der Waals surface area contributed by atoms with E-state index in [0.717, 1.165) is 18.4 Å². The second kappa shape index (κ2) is 7.58. The number of nitrogens with zero attached hydrogens (tertiary/aromatic N) is 1. The van der Waals surface area contributed by atoms with Gasteiger partial charge in [-0.1, -0.05) is 42.0 Å². The molecule has 1 atom stereocenters. The summed E-state index contributed by atoms with van der Waals surface area (Å²) >= 11 is 0. The molecule has 1 saturated carbocycles. The molecular weight excluding hydrogens is 352 g/mol. The maximum absolute atomic E-state index is 12.5. The lowest BCUT2D eigenvalue weighted by Crippen LogP contribution is -2.33. The lowest BCUT2D eigenvalue weighted by Gasteiger charge is -2.19. The fraction of sp³-hybridized carbons (Fsp3) is 0.348. The molecule has 1 aliphatic carbocycles. The Labute approximate surface area is 164 Å². The van der Waals surface area contributed by atoms with E-state index in [1.54, 1.807) is 24.3 Å². The van der Waals surface area contributed by atoms with E-state index in [4.69, 9.17) is 0 Å². The maximum Gasteiger partial charge on any atom is 0.261 e. The normalized spacial score (nSPS) is 16.8. The van der Waals surface area contributed by atoms with Crippen molar-refractivity contribution >= 4 is 17.7 Å². The predicted molar refractivity (Wildman–Crippen MR) is 106 cm³/mol. The number of rotatable bonds is 7. The molecule has 0 saturated heterocycles. The minimum Gasteiger partial charge on any atom is -0.349 e. The van der Waals surface area contributed by atoms with Crippen molar-refractivity contribution in [2.75, 3.05) is 6.54 Å². The van der Waals surface area contributed by atoms with Crippen molar-refractivity contribution in [2.45, 2.75) is 38.6 Å². The van der Waals surface area contributed by atoms with E-state index in [-0.39, 0.29) is 30.3 Å². The van der Waals surface area contributed by atoms with Gasteiger partial charge in [-0.2, -0.15) is 0 Å². The van der Waals surface area contributed by atoms with Gasteiger partial charge in [0.1, 0.15) is 0 Å². The molecule has 1 fully saturated rings. The van der Waals surface area contributed by atoms with E-state index < -0.39 is 0 Å². The van der Waals surface area contributed by atoms with E-state index >= 15 is 0 Å². The van der Waals surface area contributed by atoms with Crippen molar-refractivity contribution in [1.29, 1.82) is 0 Å². The second-order valence-corrected chi connectivity index (χ2v) is 7.70. The third kappa shape index (κ3) is 3.70. The Morgan fingerprint density at radius 3 is 2.21 bits per heavy atom. The van der Waals surface area contributed by atoms with E-state index in [1.165, 1.54) is 10.5 Å². The molecule has 5 nitrogen and oxygen atoms in total. The molecule has 0 bridgehead atoms. The molecule has 28 heavy (non-hydrogen) atoms. The number of amides is 3. The SMILES string of the molecule is Cc1ccc(C(NC(=O)CCCN2C(=O)c3ccccc3C2=O)C2CC2)cc1. The van der Waals surface area contributed by atoms with Gasteiger partial charge >= 0.3 is 0 Å². The van der Waals surface area contributed by atoms with Crippen LogP contribution in [0.3, 0.4) is 0 Å². The number of imide groups is 1. The molecule has 1 heterocycles. The zero-order valence-electron chi connectivity index (χ0n) is 16.0. The van der Waals surface area contributed by atoms with Gasteiger partial charge in [0.05, 0.1) is 17.2 Å². The average molecular weight is 376 g/mol. The van der Waals surface area contributed by atoms with Crippen molar-refractivity contribution in [3.05, 3.63) is 70.8 Å². The van der Waals surface area contributed by atoms with Gasteiger partial charge in [-0.25, -0.2) is 0 Å². The van der Waals surface area contributed by atoms with Crippen molar-refractivity contribution in [3.63, 3.8) is 0 Å². The lowest BCUT2D eigenvalue weighted by atomic mass is 10.0. The van der Waals surface area contributed by atoms with E-state index in [9.17, 15) is 14.4 Å². The summed E-state index contributed by atoms with van der Waals surface area (Å²) in [7, 11) is 0. The van der Waals surface area contributed by atoms with Crippen LogP contribution in [0.15, 0.2) is 48.5 Å². The molecule has 1 unspecified atom stereocenters. The van der Waals surface area contributed by atoms with Gasteiger partial charge < -0.3 is 5.32 Å². The Morgan fingerprint density at radius 2 is 1.64 bits per heavy atom. The van der Waals surface area contributed by atoms with Gasteiger partial charge in [-0.15, -0.1) is 0 Å². The van der Waals surface area contributed by atoms with E-state index in [1.807, 2.05) is 6.92 Å². The number of nitrogens with one attached hydrogen (secondary N) is 1. The predicted octanol–water partition coefficient (Wildman–Crippen LogP) is 3.64. The van der Waals surface area contributed by atoms with Crippen LogP contribution < -0.4 is 5.32 Å². The molecule has 0 aromatic heterocycles. The van der Waals surface area contributed by atoms with Crippen molar-refractivity contribution < 1.29 is 14.4 Å². The summed E-state index contributed by atoms with van der Waals surface area (Å²) in [6.45, 7) is 2.31. The second-order valence-electron chi connectivity index (χ2n) is 7.70. The highest BCUT2D eigenvalue weighted by atomic mass is 16.2.